The molecule has 1 saturated heterocycles. The van der Waals surface area contributed by atoms with Crippen LogP contribution in [0.5, 0.6) is 0 Å². The number of likely N-dealkylation sites (tertiary alicyclic amines) is 1. The van der Waals surface area contributed by atoms with Gasteiger partial charge in [0, 0.05) is 30.9 Å². The van der Waals surface area contributed by atoms with Gasteiger partial charge in [0.2, 0.25) is 5.91 Å². The third-order valence-corrected chi connectivity index (χ3v) is 5.58. The Balaban J connectivity index is 0.00000161. The van der Waals surface area contributed by atoms with Gasteiger partial charge in [-0.3, -0.25) is 4.79 Å². The van der Waals surface area contributed by atoms with Crippen molar-refractivity contribution in [3.8, 4) is 0 Å². The zero-order valence-corrected chi connectivity index (χ0v) is 14.1. The fraction of sp³-hybridized carbons (Fsp3) is 0.733. The Labute approximate surface area is 136 Å². The van der Waals surface area contributed by atoms with Gasteiger partial charge in [-0.05, 0) is 44.4 Å². The van der Waals surface area contributed by atoms with Crippen LogP contribution in [0.4, 0.5) is 0 Å². The molecule has 0 spiro atoms. The van der Waals surface area contributed by atoms with E-state index in [1.54, 1.807) is 11.3 Å². The number of nitrogens with two attached hydrogens (primary N) is 1. The Morgan fingerprint density at radius 2 is 2.29 bits per heavy atom. The number of aromatic nitrogens is 1. The molecule has 2 N–H and O–H groups in total. The van der Waals surface area contributed by atoms with Gasteiger partial charge in [-0.1, -0.05) is 0 Å². The van der Waals surface area contributed by atoms with Crippen molar-refractivity contribution < 1.29 is 4.79 Å². The van der Waals surface area contributed by atoms with Crippen molar-refractivity contribution in [2.45, 2.75) is 45.1 Å². The van der Waals surface area contributed by atoms with Crippen LogP contribution < -0.4 is 5.73 Å². The smallest absolute Gasteiger partial charge is 0.222 e. The third-order valence-electron chi connectivity index (χ3n) is 4.76. The van der Waals surface area contributed by atoms with Crippen LogP contribution in [-0.2, 0) is 11.2 Å². The van der Waals surface area contributed by atoms with Crippen molar-refractivity contribution >= 4 is 29.7 Å². The predicted octanol–water partition coefficient (Wildman–Crippen LogP) is 2.39. The molecular formula is C15H24ClN3OS. The number of hydrogen-bond donors (Lipinski definition) is 1. The summed E-state index contributed by atoms with van der Waals surface area (Å²) in [7, 11) is 0. The number of fused-ring (bicyclic) bond motifs is 1. The standard InChI is InChI=1S/C15H23N3OS.ClH/c1-10-17-12(9-20-10)3-2-4-15(19)18-7-11-5-6-14(16)13(11)8-18;/h9,11,13-14H,2-8,16H2,1H3;1H. The number of carbonyl (C=O) groups is 1. The average Bonchev–Trinajstić information content (AvgIpc) is 3.08. The summed E-state index contributed by atoms with van der Waals surface area (Å²) in [4.78, 5) is 18.7. The Morgan fingerprint density at radius 1 is 1.48 bits per heavy atom. The van der Waals surface area contributed by atoms with E-state index in [4.69, 9.17) is 5.73 Å². The van der Waals surface area contributed by atoms with Crippen molar-refractivity contribution in [2.75, 3.05) is 13.1 Å². The number of amides is 1. The molecular weight excluding hydrogens is 306 g/mol. The van der Waals surface area contributed by atoms with Crippen LogP contribution in [0, 0.1) is 18.8 Å². The van der Waals surface area contributed by atoms with Crippen LogP contribution in [0.15, 0.2) is 5.38 Å². The molecule has 3 unspecified atom stereocenters. The molecule has 4 nitrogen and oxygen atoms in total. The van der Waals surface area contributed by atoms with Crippen LogP contribution in [-0.4, -0.2) is 34.9 Å². The lowest BCUT2D eigenvalue weighted by Crippen LogP contribution is -2.33. The van der Waals surface area contributed by atoms with Gasteiger partial charge in [0.05, 0.1) is 10.7 Å². The molecule has 0 aromatic carbocycles. The van der Waals surface area contributed by atoms with Crippen LogP contribution in [0.3, 0.4) is 0 Å². The number of rotatable bonds is 4. The molecule has 3 rings (SSSR count). The van der Waals surface area contributed by atoms with E-state index in [9.17, 15) is 4.79 Å². The minimum absolute atomic E-state index is 0. The molecule has 1 aromatic heterocycles. The quantitative estimate of drug-likeness (QED) is 0.922. The first-order valence-corrected chi connectivity index (χ1v) is 8.46. The van der Waals surface area contributed by atoms with Crippen LogP contribution in [0.25, 0.3) is 0 Å². The zero-order chi connectivity index (χ0) is 14.1. The summed E-state index contributed by atoms with van der Waals surface area (Å²) in [5, 5.41) is 3.20. The highest BCUT2D eigenvalue weighted by molar-refractivity contribution is 7.09. The van der Waals surface area contributed by atoms with Crippen molar-refractivity contribution in [1.82, 2.24) is 9.88 Å². The Hall–Kier alpha value is -0.650. The third kappa shape index (κ3) is 3.76. The molecule has 1 amide bonds. The summed E-state index contributed by atoms with van der Waals surface area (Å²) >= 11 is 1.68. The summed E-state index contributed by atoms with van der Waals surface area (Å²) in [6, 6.07) is 0.316. The highest BCUT2D eigenvalue weighted by atomic mass is 35.5. The second-order valence-electron chi connectivity index (χ2n) is 6.18. The Kier molecular flexibility index (Phi) is 5.63. The first-order valence-electron chi connectivity index (χ1n) is 7.58. The van der Waals surface area contributed by atoms with E-state index in [2.05, 4.69) is 10.4 Å². The van der Waals surface area contributed by atoms with Crippen molar-refractivity contribution in [3.63, 3.8) is 0 Å². The Bertz CT molecular complexity index is 493. The Morgan fingerprint density at radius 3 is 2.95 bits per heavy atom. The van der Waals surface area contributed by atoms with E-state index in [1.807, 2.05) is 11.8 Å². The minimum Gasteiger partial charge on any atom is -0.342 e. The number of carbonyl (C=O) groups excluding carboxylic acids is 1. The fourth-order valence-corrected chi connectivity index (χ4v) is 4.26. The van der Waals surface area contributed by atoms with E-state index in [-0.39, 0.29) is 12.4 Å². The summed E-state index contributed by atoms with van der Waals surface area (Å²) in [6.07, 6.45) is 4.80. The number of halogens is 1. The fourth-order valence-electron chi connectivity index (χ4n) is 3.61. The van der Waals surface area contributed by atoms with Gasteiger partial charge in [-0.25, -0.2) is 4.98 Å². The monoisotopic (exact) mass is 329 g/mol. The van der Waals surface area contributed by atoms with E-state index < -0.39 is 0 Å². The number of aryl methyl sites for hydroxylation is 2. The maximum atomic E-state index is 12.2. The highest BCUT2D eigenvalue weighted by Crippen LogP contribution is 2.37. The van der Waals surface area contributed by atoms with Crippen molar-refractivity contribution in [2.24, 2.45) is 17.6 Å². The summed E-state index contributed by atoms with van der Waals surface area (Å²) < 4.78 is 0. The van der Waals surface area contributed by atoms with Crippen molar-refractivity contribution in [1.29, 1.82) is 0 Å². The predicted molar refractivity (Wildman–Crippen MR) is 87.8 cm³/mol. The molecule has 2 aliphatic rings. The number of nitrogens with zero attached hydrogens (tertiary/aromatic N) is 2. The molecule has 1 aliphatic heterocycles. The lowest BCUT2D eigenvalue weighted by Gasteiger charge is -2.18. The number of thiazole rings is 1. The summed E-state index contributed by atoms with van der Waals surface area (Å²) in [6.45, 7) is 3.85. The lowest BCUT2D eigenvalue weighted by atomic mass is 9.98. The van der Waals surface area contributed by atoms with Gasteiger partial charge in [-0.2, -0.15) is 0 Å². The lowest BCUT2D eigenvalue weighted by molar-refractivity contribution is -0.130. The molecule has 2 fully saturated rings. The van der Waals surface area contributed by atoms with Gasteiger partial charge < -0.3 is 10.6 Å². The molecule has 1 aliphatic carbocycles. The molecule has 1 saturated carbocycles. The summed E-state index contributed by atoms with van der Waals surface area (Å²) in [5.41, 5.74) is 7.24. The second kappa shape index (κ2) is 7.07. The molecule has 0 bridgehead atoms. The van der Waals surface area contributed by atoms with Crippen LogP contribution in [0.1, 0.15) is 36.4 Å². The summed E-state index contributed by atoms with van der Waals surface area (Å²) in [5.74, 6) is 1.52. The molecule has 2 heterocycles. The van der Waals surface area contributed by atoms with Gasteiger partial charge in [0.1, 0.15) is 0 Å². The topological polar surface area (TPSA) is 59.2 Å². The average molecular weight is 330 g/mol. The van der Waals surface area contributed by atoms with Gasteiger partial charge in [0.15, 0.2) is 0 Å². The van der Waals surface area contributed by atoms with E-state index in [0.717, 1.165) is 43.1 Å². The molecule has 0 radical (unpaired) electrons. The highest BCUT2D eigenvalue weighted by Gasteiger charge is 2.42. The SMILES string of the molecule is Cc1nc(CCCC(=O)N2CC3CCC(N)C3C2)cs1.Cl. The van der Waals surface area contributed by atoms with Gasteiger partial charge >= 0.3 is 0 Å². The van der Waals surface area contributed by atoms with Crippen LogP contribution >= 0.6 is 23.7 Å². The molecule has 1 aromatic rings. The van der Waals surface area contributed by atoms with Crippen molar-refractivity contribution in [3.05, 3.63) is 16.1 Å². The van der Waals surface area contributed by atoms with Gasteiger partial charge in [-0.15, -0.1) is 23.7 Å². The second-order valence-corrected chi connectivity index (χ2v) is 7.24. The van der Waals surface area contributed by atoms with E-state index in [0.29, 0.717) is 30.2 Å². The molecule has 6 heteroatoms. The van der Waals surface area contributed by atoms with Gasteiger partial charge in [0.25, 0.3) is 0 Å². The molecule has 3 atom stereocenters. The van der Waals surface area contributed by atoms with E-state index in [1.165, 1.54) is 6.42 Å². The first kappa shape index (κ1) is 16.7. The molecule has 118 valence electrons. The normalized spacial score (nSPS) is 27.5. The number of hydrogen-bond acceptors (Lipinski definition) is 4. The maximum absolute atomic E-state index is 12.2. The maximum Gasteiger partial charge on any atom is 0.222 e. The largest absolute Gasteiger partial charge is 0.342 e. The minimum atomic E-state index is 0. The molecule has 21 heavy (non-hydrogen) atoms. The van der Waals surface area contributed by atoms with E-state index >= 15 is 0 Å². The first-order chi connectivity index (χ1) is 9.63. The zero-order valence-electron chi connectivity index (χ0n) is 12.5. The van der Waals surface area contributed by atoms with Crippen LogP contribution in [0.2, 0.25) is 0 Å².